The van der Waals surface area contributed by atoms with Gasteiger partial charge in [-0.2, -0.15) is 0 Å². The molecular weight excluding hydrogens is 382 g/mol. The second kappa shape index (κ2) is 6.91. The zero-order valence-electron chi connectivity index (χ0n) is 13.8. The van der Waals surface area contributed by atoms with Crippen molar-refractivity contribution in [3.63, 3.8) is 0 Å². The van der Waals surface area contributed by atoms with Gasteiger partial charge in [0, 0.05) is 29.7 Å². The van der Waals surface area contributed by atoms with E-state index >= 15 is 0 Å². The first-order valence-electron chi connectivity index (χ1n) is 7.64. The highest BCUT2D eigenvalue weighted by Gasteiger charge is 2.18. The Labute approximate surface area is 154 Å². The summed E-state index contributed by atoms with van der Waals surface area (Å²) in [5.41, 5.74) is 4.09. The van der Waals surface area contributed by atoms with Gasteiger partial charge in [-0.05, 0) is 30.7 Å². The van der Waals surface area contributed by atoms with Crippen molar-refractivity contribution in [1.82, 2.24) is 0 Å². The summed E-state index contributed by atoms with van der Waals surface area (Å²) in [5, 5.41) is 1.09. The Hall–Kier alpha value is -1.91. The molecule has 0 unspecified atom stereocenters. The van der Waals surface area contributed by atoms with Gasteiger partial charge in [0.15, 0.2) is 0 Å². The van der Waals surface area contributed by atoms with Crippen molar-refractivity contribution in [3.8, 4) is 11.1 Å². The number of hydrogen-bond donors (Lipinski definition) is 0. The minimum absolute atomic E-state index is 0.0754. The highest BCUT2D eigenvalue weighted by atomic mass is 79.9. The van der Waals surface area contributed by atoms with E-state index in [1.165, 1.54) is 11.3 Å². The van der Waals surface area contributed by atoms with E-state index in [0.29, 0.717) is 0 Å². The molecule has 0 fully saturated rings. The monoisotopic (exact) mass is 399 g/mol. The van der Waals surface area contributed by atoms with Gasteiger partial charge in [-0.3, -0.25) is 4.79 Å². The Morgan fingerprint density at radius 1 is 1.00 bits per heavy atom. The van der Waals surface area contributed by atoms with E-state index in [-0.39, 0.29) is 5.78 Å². The van der Waals surface area contributed by atoms with Crippen LogP contribution in [0.2, 0.25) is 0 Å². The first-order valence-corrected chi connectivity index (χ1v) is 9.25. The van der Waals surface area contributed by atoms with Crippen LogP contribution in [0.1, 0.15) is 20.8 Å². The maximum absolute atomic E-state index is 12.8. The molecule has 0 amide bonds. The van der Waals surface area contributed by atoms with Gasteiger partial charge in [0.05, 0.1) is 9.88 Å². The Kier molecular flexibility index (Phi) is 4.88. The fourth-order valence-electron chi connectivity index (χ4n) is 2.51. The number of carbonyl (C=O) groups excluding carboxylic acids is 1. The molecule has 0 radical (unpaired) electrons. The standard InChI is InChI=1S/C20H18BrNOS/c1-13-4-6-15(7-5-13)19(23)18-12-17(20(24-18)22(2)3)14-8-10-16(21)11-9-14/h4-12H,1-3H3. The molecule has 0 atom stereocenters. The van der Waals surface area contributed by atoms with Gasteiger partial charge in [0.25, 0.3) is 0 Å². The van der Waals surface area contributed by atoms with Gasteiger partial charge in [0.2, 0.25) is 5.78 Å². The predicted octanol–water partition coefficient (Wildman–Crippen LogP) is 5.78. The number of carbonyl (C=O) groups is 1. The lowest BCUT2D eigenvalue weighted by molar-refractivity contribution is 0.104. The van der Waals surface area contributed by atoms with Gasteiger partial charge in [0.1, 0.15) is 0 Å². The average molecular weight is 400 g/mol. The van der Waals surface area contributed by atoms with Crippen LogP contribution in [0.4, 0.5) is 5.00 Å². The third-order valence-corrected chi connectivity index (χ3v) is 5.64. The second-order valence-electron chi connectivity index (χ2n) is 5.93. The summed E-state index contributed by atoms with van der Waals surface area (Å²) in [4.78, 5) is 15.6. The van der Waals surface area contributed by atoms with Crippen LogP contribution in [-0.2, 0) is 0 Å². The van der Waals surface area contributed by atoms with E-state index in [1.807, 2.05) is 63.5 Å². The first kappa shape index (κ1) is 16.9. The van der Waals surface area contributed by atoms with Gasteiger partial charge >= 0.3 is 0 Å². The molecular formula is C20H18BrNOS. The molecule has 0 spiro atoms. The third-order valence-electron chi connectivity index (χ3n) is 3.81. The number of aryl methyl sites for hydroxylation is 1. The van der Waals surface area contributed by atoms with Gasteiger partial charge < -0.3 is 4.90 Å². The number of thiophene rings is 1. The first-order chi connectivity index (χ1) is 11.5. The summed E-state index contributed by atoms with van der Waals surface area (Å²) >= 11 is 5.01. The summed E-state index contributed by atoms with van der Waals surface area (Å²) in [6.07, 6.45) is 0. The predicted molar refractivity (Wildman–Crippen MR) is 106 cm³/mol. The normalized spacial score (nSPS) is 10.7. The molecule has 122 valence electrons. The molecule has 0 N–H and O–H groups in total. The van der Waals surface area contributed by atoms with E-state index in [2.05, 4.69) is 33.0 Å². The minimum atomic E-state index is 0.0754. The number of benzene rings is 2. The highest BCUT2D eigenvalue weighted by molar-refractivity contribution is 9.10. The number of nitrogens with zero attached hydrogens (tertiary/aromatic N) is 1. The molecule has 0 bridgehead atoms. The second-order valence-corrected chi connectivity index (χ2v) is 7.87. The Morgan fingerprint density at radius 2 is 1.62 bits per heavy atom. The molecule has 2 nitrogen and oxygen atoms in total. The van der Waals surface area contributed by atoms with Gasteiger partial charge in [-0.25, -0.2) is 0 Å². The fraction of sp³-hybridized carbons (Fsp3) is 0.150. The van der Waals surface area contributed by atoms with E-state index in [1.54, 1.807) is 0 Å². The molecule has 0 aliphatic rings. The summed E-state index contributed by atoms with van der Waals surface area (Å²) < 4.78 is 1.05. The number of anilines is 1. The topological polar surface area (TPSA) is 20.3 Å². The van der Waals surface area contributed by atoms with Crippen molar-refractivity contribution < 1.29 is 4.79 Å². The van der Waals surface area contributed by atoms with Crippen LogP contribution in [0.5, 0.6) is 0 Å². The van der Waals surface area contributed by atoms with Crippen molar-refractivity contribution >= 4 is 38.1 Å². The quantitative estimate of drug-likeness (QED) is 0.517. The van der Waals surface area contributed by atoms with Crippen LogP contribution >= 0.6 is 27.3 Å². The lowest BCUT2D eigenvalue weighted by atomic mass is 10.0. The average Bonchev–Trinajstić information content (AvgIpc) is 3.01. The zero-order chi connectivity index (χ0) is 17.3. The largest absolute Gasteiger partial charge is 0.369 e. The van der Waals surface area contributed by atoms with Crippen molar-refractivity contribution in [2.75, 3.05) is 19.0 Å². The number of hydrogen-bond acceptors (Lipinski definition) is 3. The molecule has 3 rings (SSSR count). The Morgan fingerprint density at radius 3 is 2.21 bits per heavy atom. The molecule has 4 heteroatoms. The zero-order valence-corrected chi connectivity index (χ0v) is 16.2. The van der Waals surface area contributed by atoms with E-state index in [0.717, 1.165) is 36.6 Å². The molecule has 3 aromatic rings. The van der Waals surface area contributed by atoms with Crippen molar-refractivity contribution in [1.29, 1.82) is 0 Å². The summed E-state index contributed by atoms with van der Waals surface area (Å²) in [5.74, 6) is 0.0754. The van der Waals surface area contributed by atoms with Crippen LogP contribution < -0.4 is 4.90 Å². The highest BCUT2D eigenvalue weighted by Crippen LogP contribution is 2.39. The lowest BCUT2D eigenvalue weighted by Crippen LogP contribution is -2.07. The summed E-state index contributed by atoms with van der Waals surface area (Å²) in [6.45, 7) is 2.02. The smallest absolute Gasteiger partial charge is 0.203 e. The maximum Gasteiger partial charge on any atom is 0.203 e. The van der Waals surface area contributed by atoms with E-state index < -0.39 is 0 Å². The minimum Gasteiger partial charge on any atom is -0.369 e. The van der Waals surface area contributed by atoms with Crippen molar-refractivity contribution in [2.45, 2.75) is 6.92 Å². The number of rotatable bonds is 4. The third kappa shape index (κ3) is 3.45. The molecule has 24 heavy (non-hydrogen) atoms. The molecule has 0 saturated carbocycles. The molecule has 0 saturated heterocycles. The van der Waals surface area contributed by atoms with Crippen LogP contribution in [0.15, 0.2) is 59.1 Å². The van der Waals surface area contributed by atoms with Crippen molar-refractivity contribution in [2.24, 2.45) is 0 Å². The molecule has 1 heterocycles. The lowest BCUT2D eigenvalue weighted by Gasteiger charge is -2.12. The molecule has 0 aliphatic carbocycles. The number of halogens is 1. The summed E-state index contributed by atoms with van der Waals surface area (Å²) in [6, 6.07) is 17.9. The molecule has 2 aromatic carbocycles. The van der Waals surface area contributed by atoms with Gasteiger partial charge in [-0.1, -0.05) is 57.9 Å². The van der Waals surface area contributed by atoms with Crippen LogP contribution in [-0.4, -0.2) is 19.9 Å². The van der Waals surface area contributed by atoms with Gasteiger partial charge in [-0.15, -0.1) is 11.3 Å². The van der Waals surface area contributed by atoms with E-state index in [9.17, 15) is 4.79 Å². The van der Waals surface area contributed by atoms with Crippen LogP contribution in [0, 0.1) is 6.92 Å². The number of ketones is 1. The van der Waals surface area contributed by atoms with Crippen molar-refractivity contribution in [3.05, 3.63) is 75.1 Å². The van der Waals surface area contributed by atoms with Crippen LogP contribution in [0.3, 0.4) is 0 Å². The SMILES string of the molecule is Cc1ccc(C(=O)c2cc(-c3ccc(Br)cc3)c(N(C)C)s2)cc1. The van der Waals surface area contributed by atoms with Crippen LogP contribution in [0.25, 0.3) is 11.1 Å². The summed E-state index contributed by atoms with van der Waals surface area (Å²) in [7, 11) is 4.02. The maximum atomic E-state index is 12.8. The fourth-order valence-corrected chi connectivity index (χ4v) is 3.84. The molecule has 1 aromatic heterocycles. The Bertz CT molecular complexity index is 864. The Balaban J connectivity index is 2.04. The molecule has 0 aliphatic heterocycles. The van der Waals surface area contributed by atoms with E-state index in [4.69, 9.17) is 0 Å².